The van der Waals surface area contributed by atoms with E-state index in [1.807, 2.05) is 0 Å². The van der Waals surface area contributed by atoms with Gasteiger partial charge < -0.3 is 14.6 Å². The Kier molecular flexibility index (Phi) is 5.64. The summed E-state index contributed by atoms with van der Waals surface area (Å²) in [5.41, 5.74) is 0.192. The number of nitrogens with one attached hydrogen (secondary N) is 1. The van der Waals surface area contributed by atoms with E-state index in [9.17, 15) is 22.6 Å². The van der Waals surface area contributed by atoms with E-state index in [1.54, 1.807) is 4.90 Å². The summed E-state index contributed by atoms with van der Waals surface area (Å²) in [7, 11) is -4.38. The molecule has 1 aliphatic heterocycles. The van der Waals surface area contributed by atoms with Crippen LogP contribution in [0.15, 0.2) is 24.5 Å². The molecular weight excluding hydrogens is 326 g/mol. The van der Waals surface area contributed by atoms with Crippen LogP contribution in [0.25, 0.3) is 0 Å². The maximum Gasteiger partial charge on any atom is 0.498 e. The Bertz CT molecular complexity index is 685. The van der Waals surface area contributed by atoms with Gasteiger partial charge in [-0.15, -0.1) is 0 Å². The first kappa shape index (κ1) is 17.3. The lowest BCUT2D eigenvalue weighted by Crippen LogP contribution is -2.55. The van der Waals surface area contributed by atoms with Gasteiger partial charge in [0.1, 0.15) is 19.3 Å². The van der Waals surface area contributed by atoms with Crippen molar-refractivity contribution in [3.8, 4) is 0 Å². The molecule has 0 saturated carbocycles. The lowest BCUT2D eigenvalue weighted by molar-refractivity contribution is -0.579. The zero-order chi connectivity index (χ0) is 16.9. The SMILES string of the molecule is O=C(NCCS(=O)(=O)[O-])c1ccc[n+](C(=O)N2CCOCC2)c1. The van der Waals surface area contributed by atoms with Crippen LogP contribution in [0.3, 0.4) is 0 Å². The van der Waals surface area contributed by atoms with Crippen LogP contribution in [-0.2, 0) is 14.9 Å². The van der Waals surface area contributed by atoms with Gasteiger partial charge in [-0.2, -0.15) is 9.36 Å². The molecule has 0 aliphatic carbocycles. The second kappa shape index (κ2) is 7.49. The number of amides is 2. The Morgan fingerprint density at radius 1 is 1.35 bits per heavy atom. The first-order valence-electron chi connectivity index (χ1n) is 6.97. The third kappa shape index (κ3) is 5.27. The van der Waals surface area contributed by atoms with Crippen molar-refractivity contribution >= 4 is 22.1 Å². The first-order valence-corrected chi connectivity index (χ1v) is 8.55. The number of hydrogen-bond donors (Lipinski definition) is 1. The number of nitrogens with zero attached hydrogens (tertiary/aromatic N) is 2. The fraction of sp³-hybridized carbons (Fsp3) is 0.462. The molecule has 0 unspecified atom stereocenters. The molecule has 1 aliphatic rings. The number of rotatable bonds is 4. The molecular formula is C13H17N3O6S. The topological polar surface area (TPSA) is 120 Å². The second-order valence-electron chi connectivity index (χ2n) is 4.90. The zero-order valence-electron chi connectivity index (χ0n) is 12.3. The molecule has 126 valence electrons. The van der Waals surface area contributed by atoms with Gasteiger partial charge in [0.05, 0.1) is 40.8 Å². The number of ether oxygens (including phenoxy) is 1. The van der Waals surface area contributed by atoms with Crippen LogP contribution in [-0.4, -0.2) is 68.4 Å². The summed E-state index contributed by atoms with van der Waals surface area (Å²) in [6.45, 7) is 1.61. The van der Waals surface area contributed by atoms with Gasteiger partial charge >= 0.3 is 6.03 Å². The Morgan fingerprint density at radius 3 is 2.70 bits per heavy atom. The highest BCUT2D eigenvalue weighted by Crippen LogP contribution is 1.99. The number of hydrogen-bond acceptors (Lipinski definition) is 6. The average Bonchev–Trinajstić information content (AvgIpc) is 2.54. The Morgan fingerprint density at radius 2 is 2.04 bits per heavy atom. The van der Waals surface area contributed by atoms with Crippen LogP contribution >= 0.6 is 0 Å². The highest BCUT2D eigenvalue weighted by atomic mass is 32.2. The van der Waals surface area contributed by atoms with E-state index >= 15 is 0 Å². The highest BCUT2D eigenvalue weighted by Gasteiger charge is 2.27. The van der Waals surface area contributed by atoms with Crippen molar-refractivity contribution in [2.45, 2.75) is 0 Å². The van der Waals surface area contributed by atoms with E-state index in [1.165, 1.54) is 29.1 Å². The molecule has 0 aromatic carbocycles. The van der Waals surface area contributed by atoms with Crippen molar-refractivity contribution in [2.24, 2.45) is 0 Å². The number of aromatic nitrogens is 1. The van der Waals surface area contributed by atoms with Gasteiger partial charge in [0.25, 0.3) is 5.91 Å². The molecule has 1 N–H and O–H groups in total. The minimum atomic E-state index is -4.38. The number of morpholine rings is 1. The molecule has 0 bridgehead atoms. The summed E-state index contributed by atoms with van der Waals surface area (Å²) >= 11 is 0. The molecule has 1 fully saturated rings. The minimum Gasteiger partial charge on any atom is -0.748 e. The van der Waals surface area contributed by atoms with Gasteiger partial charge in [0.2, 0.25) is 0 Å². The van der Waals surface area contributed by atoms with E-state index in [-0.39, 0.29) is 18.1 Å². The van der Waals surface area contributed by atoms with Crippen molar-refractivity contribution < 1.29 is 31.9 Å². The molecule has 10 heteroatoms. The fourth-order valence-electron chi connectivity index (χ4n) is 2.04. The highest BCUT2D eigenvalue weighted by molar-refractivity contribution is 7.85. The van der Waals surface area contributed by atoms with Crippen molar-refractivity contribution in [1.82, 2.24) is 10.2 Å². The third-order valence-electron chi connectivity index (χ3n) is 3.20. The molecule has 1 aromatic heterocycles. The lowest BCUT2D eigenvalue weighted by Gasteiger charge is -2.19. The van der Waals surface area contributed by atoms with Gasteiger partial charge in [-0.05, 0) is 12.1 Å². The molecule has 1 aromatic rings. The van der Waals surface area contributed by atoms with Crippen LogP contribution in [0.4, 0.5) is 4.79 Å². The lowest BCUT2D eigenvalue weighted by atomic mass is 10.2. The van der Waals surface area contributed by atoms with Crippen molar-refractivity contribution in [3.63, 3.8) is 0 Å². The number of carbonyl (C=O) groups excluding carboxylic acids is 2. The molecule has 2 heterocycles. The third-order valence-corrected chi connectivity index (χ3v) is 3.91. The molecule has 2 rings (SSSR count). The summed E-state index contributed by atoms with van der Waals surface area (Å²) in [5.74, 6) is -1.24. The molecule has 2 amide bonds. The smallest absolute Gasteiger partial charge is 0.498 e. The molecule has 0 radical (unpaired) electrons. The number of carbonyl (C=O) groups is 2. The zero-order valence-corrected chi connectivity index (χ0v) is 13.1. The maximum atomic E-state index is 12.3. The molecule has 1 saturated heterocycles. The summed E-state index contributed by atoms with van der Waals surface area (Å²) < 4.78 is 37.9. The molecule has 9 nitrogen and oxygen atoms in total. The normalized spacial score (nSPS) is 15.3. The van der Waals surface area contributed by atoms with E-state index in [0.29, 0.717) is 26.3 Å². The van der Waals surface area contributed by atoms with Crippen LogP contribution in [0, 0.1) is 0 Å². The van der Waals surface area contributed by atoms with Crippen LogP contribution in [0.1, 0.15) is 10.4 Å². The Hall–Kier alpha value is -2.04. The van der Waals surface area contributed by atoms with Crippen molar-refractivity contribution in [2.75, 3.05) is 38.6 Å². The summed E-state index contributed by atoms with van der Waals surface area (Å²) in [4.78, 5) is 25.8. The molecule has 0 spiro atoms. The summed E-state index contributed by atoms with van der Waals surface area (Å²) in [6.07, 6.45) is 2.88. The minimum absolute atomic E-state index is 0.192. The Labute approximate surface area is 133 Å². The largest absolute Gasteiger partial charge is 0.748 e. The predicted molar refractivity (Wildman–Crippen MR) is 76.7 cm³/mol. The van der Waals surface area contributed by atoms with E-state index in [4.69, 9.17) is 4.74 Å². The summed E-state index contributed by atoms with van der Waals surface area (Å²) in [6, 6.07) is 2.76. The second-order valence-corrected chi connectivity index (χ2v) is 6.42. The fourth-order valence-corrected chi connectivity index (χ4v) is 2.39. The van der Waals surface area contributed by atoms with Crippen LogP contribution in [0.5, 0.6) is 0 Å². The van der Waals surface area contributed by atoms with Gasteiger partial charge in [-0.3, -0.25) is 4.79 Å². The number of pyridine rings is 1. The van der Waals surface area contributed by atoms with Crippen molar-refractivity contribution in [1.29, 1.82) is 0 Å². The van der Waals surface area contributed by atoms with Gasteiger partial charge in [0.15, 0.2) is 0 Å². The quantitative estimate of drug-likeness (QED) is 0.527. The molecule has 23 heavy (non-hydrogen) atoms. The molecule has 0 atom stereocenters. The summed E-state index contributed by atoms with van der Waals surface area (Å²) in [5, 5.41) is 2.32. The van der Waals surface area contributed by atoms with E-state index in [2.05, 4.69) is 5.32 Å². The standard InChI is InChI=1S/C13H17N3O6S/c17-12(14-3-9-23(19,20)21)11-2-1-4-16(10-11)13(18)15-5-7-22-8-6-15/h1-2,4,10H,3,5-9H2,(H-,14,17,19,20,21). The average molecular weight is 343 g/mol. The van der Waals surface area contributed by atoms with Gasteiger partial charge in [-0.1, -0.05) is 0 Å². The maximum absolute atomic E-state index is 12.3. The first-order chi connectivity index (χ1) is 10.9. The van der Waals surface area contributed by atoms with Crippen molar-refractivity contribution in [3.05, 3.63) is 30.1 Å². The van der Waals surface area contributed by atoms with Gasteiger partial charge in [-0.25, -0.2) is 13.3 Å². The van der Waals surface area contributed by atoms with E-state index < -0.39 is 21.8 Å². The van der Waals surface area contributed by atoms with Gasteiger partial charge in [0, 0.05) is 6.54 Å². The predicted octanol–water partition coefficient (Wildman–Crippen LogP) is -1.45. The Balaban J connectivity index is 2.01. The van der Waals surface area contributed by atoms with Crippen LogP contribution in [0.2, 0.25) is 0 Å². The van der Waals surface area contributed by atoms with E-state index in [0.717, 1.165) is 0 Å². The van der Waals surface area contributed by atoms with Crippen LogP contribution < -0.4 is 9.88 Å². The monoisotopic (exact) mass is 343 g/mol.